The van der Waals surface area contributed by atoms with Gasteiger partial charge in [-0.3, -0.25) is 10.2 Å². The van der Waals surface area contributed by atoms with E-state index in [0.29, 0.717) is 6.04 Å². The lowest BCUT2D eigenvalue weighted by atomic mass is 9.85. The average Bonchev–Trinajstić information content (AvgIpc) is 2.74. The zero-order valence-electron chi connectivity index (χ0n) is 18.8. The van der Waals surface area contributed by atoms with Gasteiger partial charge in [0.15, 0.2) is 0 Å². The number of benzene rings is 1. The number of rotatable bonds is 7. The molecule has 0 aromatic heterocycles. The van der Waals surface area contributed by atoms with E-state index in [4.69, 9.17) is 15.9 Å². The molecule has 1 saturated carbocycles. The monoisotopic (exact) mass is 414 g/mol. The molecule has 1 saturated heterocycles. The summed E-state index contributed by atoms with van der Waals surface area (Å²) < 4.78 is 5.40. The first-order chi connectivity index (χ1) is 14.3. The van der Waals surface area contributed by atoms with Crippen molar-refractivity contribution >= 4 is 17.5 Å². The Bertz CT molecular complexity index is 702. The lowest BCUT2D eigenvalue weighted by Gasteiger charge is -2.39. The minimum Gasteiger partial charge on any atom is -0.463 e. The topological polar surface area (TPSA) is 82.7 Å². The van der Waals surface area contributed by atoms with E-state index in [2.05, 4.69) is 29.0 Å². The standard InChI is InChI=1S/C24H38N4O2/c1-17(2)30-24(29)20-6-8-21(9-7-20)27(3)16-18-12-14-28(15-13-18)22-10-4-19(5-11-22)23(25)26/h4-5,10-11,17-18,20-21H,6-9,12-16H2,1-3H3,(H3,25,26). The van der Waals surface area contributed by atoms with E-state index in [-0.39, 0.29) is 23.8 Å². The van der Waals surface area contributed by atoms with Crippen molar-refractivity contribution in [1.82, 2.24) is 4.90 Å². The predicted molar refractivity (Wildman–Crippen MR) is 122 cm³/mol. The van der Waals surface area contributed by atoms with Gasteiger partial charge in [-0.1, -0.05) is 0 Å². The number of nitrogens with two attached hydrogens (primary N) is 1. The molecule has 1 aromatic carbocycles. The second-order valence-corrected chi connectivity index (χ2v) is 9.32. The van der Waals surface area contributed by atoms with Crippen LogP contribution in [0.1, 0.15) is 57.9 Å². The maximum absolute atomic E-state index is 12.1. The summed E-state index contributed by atoms with van der Waals surface area (Å²) in [4.78, 5) is 17.1. The molecule has 0 atom stereocenters. The molecule has 1 aromatic rings. The second-order valence-electron chi connectivity index (χ2n) is 9.32. The van der Waals surface area contributed by atoms with Crippen molar-refractivity contribution in [3.8, 4) is 0 Å². The molecule has 6 nitrogen and oxygen atoms in total. The molecular formula is C24H38N4O2. The summed E-state index contributed by atoms with van der Waals surface area (Å²) >= 11 is 0. The fourth-order valence-corrected chi connectivity index (χ4v) is 4.86. The summed E-state index contributed by atoms with van der Waals surface area (Å²) in [6.07, 6.45) is 6.48. The molecule has 3 N–H and O–H groups in total. The molecule has 166 valence electrons. The van der Waals surface area contributed by atoms with E-state index in [0.717, 1.165) is 56.8 Å². The number of nitrogens with zero attached hydrogens (tertiary/aromatic N) is 2. The number of nitrogens with one attached hydrogen (secondary N) is 1. The lowest BCUT2D eigenvalue weighted by molar-refractivity contribution is -0.153. The van der Waals surface area contributed by atoms with E-state index in [1.54, 1.807) is 0 Å². The van der Waals surface area contributed by atoms with Gasteiger partial charge in [-0.05, 0) is 89.6 Å². The van der Waals surface area contributed by atoms with Crippen molar-refractivity contribution in [1.29, 1.82) is 5.41 Å². The van der Waals surface area contributed by atoms with Gasteiger partial charge in [-0.25, -0.2) is 0 Å². The number of ether oxygens (including phenoxy) is 1. The van der Waals surface area contributed by atoms with Gasteiger partial charge in [0.2, 0.25) is 0 Å². The quantitative estimate of drug-likeness (QED) is 0.404. The molecular weight excluding hydrogens is 376 g/mol. The van der Waals surface area contributed by atoms with Gasteiger partial charge in [0.25, 0.3) is 0 Å². The molecule has 0 bridgehead atoms. The molecule has 0 amide bonds. The fraction of sp³-hybridized carbons (Fsp3) is 0.667. The van der Waals surface area contributed by atoms with Crippen LogP contribution in [-0.4, -0.2) is 55.5 Å². The minimum absolute atomic E-state index is 0.00481. The molecule has 0 spiro atoms. The maximum Gasteiger partial charge on any atom is 0.309 e. The Morgan fingerprint density at radius 3 is 2.27 bits per heavy atom. The first kappa shape index (κ1) is 22.6. The van der Waals surface area contributed by atoms with Crippen molar-refractivity contribution in [2.75, 3.05) is 31.6 Å². The number of carbonyl (C=O) groups excluding carboxylic acids is 1. The number of hydrogen-bond donors (Lipinski definition) is 2. The van der Waals surface area contributed by atoms with E-state index in [1.807, 2.05) is 26.0 Å². The third-order valence-corrected chi connectivity index (χ3v) is 6.71. The van der Waals surface area contributed by atoms with Gasteiger partial charge in [-0.2, -0.15) is 0 Å². The van der Waals surface area contributed by atoms with Crippen LogP contribution in [0.4, 0.5) is 5.69 Å². The molecule has 2 aliphatic rings. The van der Waals surface area contributed by atoms with Crippen LogP contribution in [0.15, 0.2) is 24.3 Å². The molecule has 3 rings (SSSR count). The van der Waals surface area contributed by atoms with Crippen molar-refractivity contribution in [2.24, 2.45) is 17.6 Å². The van der Waals surface area contributed by atoms with Gasteiger partial charge in [0.1, 0.15) is 5.84 Å². The summed E-state index contributed by atoms with van der Waals surface area (Å²) in [6, 6.07) is 8.61. The number of piperidine rings is 1. The zero-order chi connectivity index (χ0) is 21.7. The summed E-state index contributed by atoms with van der Waals surface area (Å²) in [7, 11) is 2.25. The Morgan fingerprint density at radius 2 is 1.73 bits per heavy atom. The smallest absolute Gasteiger partial charge is 0.309 e. The highest BCUT2D eigenvalue weighted by Crippen LogP contribution is 2.30. The molecule has 1 aliphatic heterocycles. The first-order valence-corrected chi connectivity index (χ1v) is 11.4. The molecule has 0 radical (unpaired) electrons. The number of anilines is 1. The highest BCUT2D eigenvalue weighted by molar-refractivity contribution is 5.95. The van der Waals surface area contributed by atoms with Gasteiger partial charge >= 0.3 is 5.97 Å². The average molecular weight is 415 g/mol. The summed E-state index contributed by atoms with van der Waals surface area (Å²) in [5, 5.41) is 7.52. The fourth-order valence-electron chi connectivity index (χ4n) is 4.86. The highest BCUT2D eigenvalue weighted by atomic mass is 16.5. The van der Waals surface area contributed by atoms with E-state index in [9.17, 15) is 4.79 Å². The number of nitrogen functional groups attached to an aromatic ring is 1. The van der Waals surface area contributed by atoms with E-state index < -0.39 is 0 Å². The Hall–Kier alpha value is -2.08. The van der Waals surface area contributed by atoms with Crippen LogP contribution in [0.5, 0.6) is 0 Å². The lowest BCUT2D eigenvalue weighted by Crippen LogP contribution is -2.42. The largest absolute Gasteiger partial charge is 0.463 e. The summed E-state index contributed by atoms with van der Waals surface area (Å²) in [5.74, 6) is 0.935. The van der Waals surface area contributed by atoms with Gasteiger partial charge in [-0.15, -0.1) is 0 Å². The number of amidine groups is 1. The van der Waals surface area contributed by atoms with Crippen molar-refractivity contribution in [3.05, 3.63) is 29.8 Å². The van der Waals surface area contributed by atoms with Crippen LogP contribution in [-0.2, 0) is 9.53 Å². The second kappa shape index (κ2) is 10.3. The highest BCUT2D eigenvalue weighted by Gasteiger charge is 2.31. The third kappa shape index (κ3) is 5.97. The van der Waals surface area contributed by atoms with Crippen LogP contribution in [0.2, 0.25) is 0 Å². The summed E-state index contributed by atoms with van der Waals surface area (Å²) in [6.45, 7) is 7.13. The Morgan fingerprint density at radius 1 is 1.13 bits per heavy atom. The molecule has 0 unspecified atom stereocenters. The van der Waals surface area contributed by atoms with Gasteiger partial charge < -0.3 is 20.3 Å². The first-order valence-electron chi connectivity index (χ1n) is 11.4. The van der Waals surface area contributed by atoms with Gasteiger partial charge in [0, 0.05) is 36.9 Å². The molecule has 1 aliphatic carbocycles. The van der Waals surface area contributed by atoms with E-state index >= 15 is 0 Å². The van der Waals surface area contributed by atoms with Crippen molar-refractivity contribution in [3.63, 3.8) is 0 Å². The Labute approximate surface area is 181 Å². The van der Waals surface area contributed by atoms with Crippen molar-refractivity contribution < 1.29 is 9.53 Å². The molecule has 2 fully saturated rings. The molecule has 1 heterocycles. The number of carbonyl (C=O) groups is 1. The van der Waals surface area contributed by atoms with Crippen LogP contribution >= 0.6 is 0 Å². The van der Waals surface area contributed by atoms with Gasteiger partial charge in [0.05, 0.1) is 12.0 Å². The Balaban J connectivity index is 1.40. The SMILES string of the molecule is CC(C)OC(=O)C1CCC(N(C)CC2CCN(c3ccc(C(=N)N)cc3)CC2)CC1. The number of hydrogen-bond acceptors (Lipinski definition) is 5. The summed E-state index contributed by atoms with van der Waals surface area (Å²) in [5.41, 5.74) is 7.55. The van der Waals surface area contributed by atoms with E-state index in [1.165, 1.54) is 18.5 Å². The van der Waals surface area contributed by atoms with Crippen molar-refractivity contribution in [2.45, 2.75) is 64.5 Å². The van der Waals surface area contributed by atoms with Crippen LogP contribution in [0.25, 0.3) is 0 Å². The van der Waals surface area contributed by atoms with Crippen LogP contribution < -0.4 is 10.6 Å². The zero-order valence-corrected chi connectivity index (χ0v) is 18.8. The Kier molecular flexibility index (Phi) is 7.75. The predicted octanol–water partition coefficient (Wildman–Crippen LogP) is 3.63. The normalized spacial score (nSPS) is 23.0. The molecule has 6 heteroatoms. The minimum atomic E-state index is -0.0177. The van der Waals surface area contributed by atoms with Crippen LogP contribution in [0, 0.1) is 17.2 Å². The third-order valence-electron chi connectivity index (χ3n) is 6.71. The number of esters is 1. The van der Waals surface area contributed by atoms with Crippen LogP contribution in [0.3, 0.4) is 0 Å². The molecule has 30 heavy (non-hydrogen) atoms. The maximum atomic E-state index is 12.1.